The van der Waals surface area contributed by atoms with Gasteiger partial charge in [0.05, 0.1) is 5.38 Å². The Morgan fingerprint density at radius 2 is 1.94 bits per heavy atom. The smallest absolute Gasteiger partial charge is 0.251 e. The van der Waals surface area contributed by atoms with Gasteiger partial charge < -0.3 is 5.32 Å². The highest BCUT2D eigenvalue weighted by atomic mass is 35.5. The van der Waals surface area contributed by atoms with Crippen LogP contribution in [0.25, 0.3) is 0 Å². The van der Waals surface area contributed by atoms with Crippen molar-refractivity contribution in [3.63, 3.8) is 0 Å². The fraction of sp³-hybridized carbons (Fsp3) is 0.417. The topological polar surface area (TPSA) is 29.1 Å². The fourth-order valence-electron chi connectivity index (χ4n) is 1.41. The largest absolute Gasteiger partial charge is 0.351 e. The number of rotatable bonds is 5. The van der Waals surface area contributed by atoms with Gasteiger partial charge in [0.2, 0.25) is 0 Å². The van der Waals surface area contributed by atoms with Crippen molar-refractivity contribution in [1.82, 2.24) is 5.32 Å². The van der Waals surface area contributed by atoms with Gasteiger partial charge in [0, 0.05) is 18.2 Å². The molecule has 1 aromatic carbocycles. The first-order valence-electron chi connectivity index (χ1n) is 5.41. The molecular formula is C12H14ClF2NO. The summed E-state index contributed by atoms with van der Waals surface area (Å²) >= 11 is 5.91. The van der Waals surface area contributed by atoms with Gasteiger partial charge in [-0.1, -0.05) is 13.3 Å². The van der Waals surface area contributed by atoms with Crippen molar-refractivity contribution in [3.05, 3.63) is 35.4 Å². The monoisotopic (exact) mass is 261 g/mol. The van der Waals surface area contributed by atoms with Crippen molar-refractivity contribution in [2.24, 2.45) is 0 Å². The molecule has 1 atom stereocenters. The van der Waals surface area contributed by atoms with Gasteiger partial charge in [-0.25, -0.2) is 8.78 Å². The zero-order valence-corrected chi connectivity index (χ0v) is 10.2. The van der Waals surface area contributed by atoms with Crippen LogP contribution in [0.3, 0.4) is 0 Å². The van der Waals surface area contributed by atoms with Crippen molar-refractivity contribution in [1.29, 1.82) is 0 Å². The number of carbonyl (C=O) groups is 1. The highest BCUT2D eigenvalue weighted by Crippen LogP contribution is 2.08. The summed E-state index contributed by atoms with van der Waals surface area (Å²) in [5.74, 6) is -2.07. The maximum atomic E-state index is 12.9. The van der Waals surface area contributed by atoms with E-state index in [1.165, 1.54) is 0 Å². The number of hydrogen-bond acceptors (Lipinski definition) is 1. The summed E-state index contributed by atoms with van der Waals surface area (Å²) in [6.45, 7) is 2.27. The van der Waals surface area contributed by atoms with Crippen LogP contribution in [0.5, 0.6) is 0 Å². The molecule has 1 rings (SSSR count). The number of halogens is 3. The predicted octanol–water partition coefficient (Wildman–Crippen LogP) is 3.10. The van der Waals surface area contributed by atoms with Crippen molar-refractivity contribution in [2.45, 2.75) is 25.1 Å². The van der Waals surface area contributed by atoms with E-state index in [4.69, 9.17) is 11.6 Å². The minimum atomic E-state index is -0.772. The van der Waals surface area contributed by atoms with E-state index in [2.05, 4.69) is 5.32 Å². The van der Waals surface area contributed by atoms with Crippen LogP contribution in [0, 0.1) is 11.6 Å². The number of nitrogens with one attached hydrogen (secondary N) is 1. The van der Waals surface area contributed by atoms with Gasteiger partial charge in [-0.05, 0) is 18.6 Å². The quantitative estimate of drug-likeness (QED) is 0.811. The molecule has 1 N–H and O–H groups in total. The highest BCUT2D eigenvalue weighted by Gasteiger charge is 2.10. The van der Waals surface area contributed by atoms with E-state index in [1.54, 1.807) is 0 Å². The maximum absolute atomic E-state index is 12.9. The lowest BCUT2D eigenvalue weighted by Crippen LogP contribution is -2.29. The molecule has 0 radical (unpaired) electrons. The average Bonchev–Trinajstić information content (AvgIpc) is 2.25. The molecule has 0 aliphatic carbocycles. The summed E-state index contributed by atoms with van der Waals surface area (Å²) < 4.78 is 25.7. The Hall–Kier alpha value is -1.16. The SMILES string of the molecule is CCCC(Cl)CNC(=O)c1cc(F)cc(F)c1. The van der Waals surface area contributed by atoms with Crippen LogP contribution in [0.4, 0.5) is 8.78 Å². The third-order valence-corrected chi connectivity index (χ3v) is 2.58. The number of benzene rings is 1. The van der Waals surface area contributed by atoms with E-state index < -0.39 is 17.5 Å². The third kappa shape index (κ3) is 4.69. The Kier molecular flexibility index (Phi) is 5.35. The van der Waals surface area contributed by atoms with E-state index in [9.17, 15) is 13.6 Å². The minimum absolute atomic E-state index is 0.0390. The number of alkyl halides is 1. The Balaban J connectivity index is 2.58. The zero-order valence-electron chi connectivity index (χ0n) is 9.47. The molecule has 94 valence electrons. The zero-order chi connectivity index (χ0) is 12.8. The molecule has 0 aromatic heterocycles. The van der Waals surface area contributed by atoms with Crippen molar-refractivity contribution in [2.75, 3.05) is 6.54 Å². The minimum Gasteiger partial charge on any atom is -0.351 e. The van der Waals surface area contributed by atoms with E-state index >= 15 is 0 Å². The van der Waals surface area contributed by atoms with Crippen molar-refractivity contribution >= 4 is 17.5 Å². The lowest BCUT2D eigenvalue weighted by atomic mass is 10.2. The Morgan fingerprint density at radius 3 is 2.47 bits per heavy atom. The summed E-state index contributed by atoms with van der Waals surface area (Å²) in [4.78, 5) is 11.6. The molecule has 5 heteroatoms. The Labute approximate surface area is 104 Å². The number of carbonyl (C=O) groups excluding carboxylic acids is 1. The second-order valence-corrected chi connectivity index (χ2v) is 4.37. The fourth-order valence-corrected chi connectivity index (χ4v) is 1.70. The summed E-state index contributed by atoms with van der Waals surface area (Å²) in [7, 11) is 0. The third-order valence-electron chi connectivity index (χ3n) is 2.21. The molecular weight excluding hydrogens is 248 g/mol. The van der Waals surface area contributed by atoms with Gasteiger partial charge in [-0.3, -0.25) is 4.79 Å². The molecule has 0 bridgehead atoms. The predicted molar refractivity (Wildman–Crippen MR) is 63.2 cm³/mol. The van der Waals surface area contributed by atoms with Gasteiger partial charge in [0.25, 0.3) is 5.91 Å². The first-order valence-corrected chi connectivity index (χ1v) is 5.85. The molecule has 17 heavy (non-hydrogen) atoms. The van der Waals surface area contributed by atoms with Crippen molar-refractivity contribution in [3.8, 4) is 0 Å². The summed E-state index contributed by atoms with van der Waals surface area (Å²) in [6, 6.07) is 2.70. The second kappa shape index (κ2) is 6.55. The summed E-state index contributed by atoms with van der Waals surface area (Å²) in [5, 5.41) is 2.37. The van der Waals surface area contributed by atoms with Gasteiger partial charge >= 0.3 is 0 Å². The van der Waals surface area contributed by atoms with E-state index in [1.807, 2.05) is 6.92 Å². The van der Waals surface area contributed by atoms with E-state index in [-0.39, 0.29) is 17.5 Å². The first-order chi connectivity index (χ1) is 8.02. The van der Waals surface area contributed by atoms with Gasteiger partial charge in [-0.2, -0.15) is 0 Å². The van der Waals surface area contributed by atoms with Crippen LogP contribution in [-0.4, -0.2) is 17.8 Å². The maximum Gasteiger partial charge on any atom is 0.251 e. The molecule has 0 saturated heterocycles. The van der Waals surface area contributed by atoms with E-state index in [0.717, 1.165) is 31.0 Å². The van der Waals surface area contributed by atoms with Crippen LogP contribution in [0.1, 0.15) is 30.1 Å². The van der Waals surface area contributed by atoms with E-state index in [0.29, 0.717) is 0 Å². The molecule has 0 saturated carbocycles. The second-order valence-electron chi connectivity index (χ2n) is 3.75. The average molecular weight is 262 g/mol. The Morgan fingerprint density at radius 1 is 1.35 bits per heavy atom. The molecule has 0 spiro atoms. The normalized spacial score (nSPS) is 12.2. The Bertz CT molecular complexity index is 378. The molecule has 0 fully saturated rings. The van der Waals surface area contributed by atoms with Crippen LogP contribution in [0.15, 0.2) is 18.2 Å². The van der Waals surface area contributed by atoms with Gasteiger partial charge in [0.15, 0.2) is 0 Å². The number of amides is 1. The molecule has 2 nitrogen and oxygen atoms in total. The molecule has 1 aromatic rings. The van der Waals surface area contributed by atoms with Crippen molar-refractivity contribution < 1.29 is 13.6 Å². The highest BCUT2D eigenvalue weighted by molar-refractivity contribution is 6.20. The van der Waals surface area contributed by atoms with Crippen LogP contribution in [-0.2, 0) is 0 Å². The van der Waals surface area contributed by atoms with Gasteiger partial charge in [0.1, 0.15) is 11.6 Å². The summed E-state index contributed by atoms with van der Waals surface area (Å²) in [6.07, 6.45) is 1.69. The van der Waals surface area contributed by atoms with Crippen LogP contribution >= 0.6 is 11.6 Å². The standard InChI is InChI=1S/C12H14ClF2NO/c1-2-3-9(13)7-16-12(17)8-4-10(14)6-11(15)5-8/h4-6,9H,2-3,7H2,1H3,(H,16,17). The van der Waals surface area contributed by atoms with Crippen LogP contribution in [0.2, 0.25) is 0 Å². The lowest BCUT2D eigenvalue weighted by molar-refractivity contribution is 0.0952. The summed E-state index contributed by atoms with van der Waals surface area (Å²) in [5.41, 5.74) is -0.0390. The molecule has 1 unspecified atom stereocenters. The lowest BCUT2D eigenvalue weighted by Gasteiger charge is -2.09. The van der Waals surface area contributed by atoms with Gasteiger partial charge in [-0.15, -0.1) is 11.6 Å². The molecule has 0 aliphatic heterocycles. The molecule has 1 amide bonds. The van der Waals surface area contributed by atoms with Crippen LogP contribution < -0.4 is 5.32 Å². The molecule has 0 aliphatic rings. The first kappa shape index (κ1) is 13.9. The molecule has 0 heterocycles. The number of hydrogen-bond donors (Lipinski definition) is 1.